The molecule has 0 aliphatic carbocycles. The fourth-order valence-electron chi connectivity index (χ4n) is 2.51. The minimum absolute atomic E-state index is 0.164. The van der Waals surface area contributed by atoms with E-state index in [0.717, 1.165) is 6.42 Å². The van der Waals surface area contributed by atoms with Gasteiger partial charge >= 0.3 is 0 Å². The molecule has 1 aliphatic rings. The Balaban J connectivity index is 2.37. The van der Waals surface area contributed by atoms with Gasteiger partial charge in [-0.05, 0) is 24.1 Å². The van der Waals surface area contributed by atoms with Gasteiger partial charge in [0.05, 0.1) is 18.8 Å². The molecule has 1 aliphatic heterocycles. The fraction of sp³-hybridized carbons (Fsp3) is 0.533. The number of rotatable bonds is 4. The molecule has 0 radical (unpaired) electrons. The number of aliphatic hydroxyl groups excluding tert-OH is 1. The molecule has 1 aromatic carbocycles. The van der Waals surface area contributed by atoms with E-state index in [4.69, 9.17) is 4.74 Å². The highest BCUT2D eigenvalue weighted by atomic mass is 19.1. The Kier molecular flexibility index (Phi) is 4.60. The molecule has 2 rings (SSSR count). The summed E-state index contributed by atoms with van der Waals surface area (Å²) in [6, 6.07) is 2.79. The second-order valence-electron chi connectivity index (χ2n) is 5.12. The van der Waals surface area contributed by atoms with Crippen molar-refractivity contribution >= 4 is 5.91 Å². The second-order valence-corrected chi connectivity index (χ2v) is 5.12. The van der Waals surface area contributed by atoms with Gasteiger partial charge in [-0.15, -0.1) is 0 Å². The summed E-state index contributed by atoms with van der Waals surface area (Å²) in [4.78, 5) is 11.2. The first-order chi connectivity index (χ1) is 9.52. The first-order valence-corrected chi connectivity index (χ1v) is 6.94. The van der Waals surface area contributed by atoms with Gasteiger partial charge in [-0.25, -0.2) is 4.39 Å². The molecule has 0 spiro atoms. The number of amides is 1. The van der Waals surface area contributed by atoms with Crippen molar-refractivity contribution in [2.75, 3.05) is 6.61 Å². The highest BCUT2D eigenvalue weighted by Crippen LogP contribution is 2.37. The summed E-state index contributed by atoms with van der Waals surface area (Å²) in [5.41, 5.74) is 1.14. The van der Waals surface area contributed by atoms with E-state index in [1.165, 1.54) is 13.0 Å². The minimum atomic E-state index is -0.695. The van der Waals surface area contributed by atoms with Crippen LogP contribution in [0.2, 0.25) is 0 Å². The lowest BCUT2D eigenvalue weighted by Gasteiger charge is -2.28. The van der Waals surface area contributed by atoms with Crippen LogP contribution in [0.5, 0.6) is 5.75 Å². The summed E-state index contributed by atoms with van der Waals surface area (Å²) in [5.74, 6) is -0.465. The van der Waals surface area contributed by atoms with Gasteiger partial charge in [0.25, 0.3) is 0 Å². The maximum absolute atomic E-state index is 14.1. The highest BCUT2D eigenvalue weighted by molar-refractivity contribution is 5.73. The molecule has 5 heteroatoms. The predicted molar refractivity (Wildman–Crippen MR) is 72.9 cm³/mol. The highest BCUT2D eigenvalue weighted by Gasteiger charge is 2.26. The first-order valence-electron chi connectivity index (χ1n) is 6.94. The summed E-state index contributed by atoms with van der Waals surface area (Å²) in [7, 11) is 0. The molecule has 0 fully saturated rings. The minimum Gasteiger partial charge on any atom is -0.490 e. The molecule has 1 heterocycles. The zero-order valence-corrected chi connectivity index (χ0v) is 11.8. The third-order valence-electron chi connectivity index (χ3n) is 3.45. The van der Waals surface area contributed by atoms with Crippen LogP contribution in [0.15, 0.2) is 12.1 Å². The van der Waals surface area contributed by atoms with Crippen LogP contribution in [0.3, 0.4) is 0 Å². The zero-order valence-electron chi connectivity index (χ0n) is 11.8. The maximum atomic E-state index is 14.1. The summed E-state index contributed by atoms with van der Waals surface area (Å²) in [6.45, 7) is 3.76. The SMILES string of the molecule is CCCC(O)c1cc(F)c2c(c1)C(NC(C)=O)CCO2. The number of nitrogens with one attached hydrogen (secondary N) is 1. The number of carbonyl (C=O) groups is 1. The van der Waals surface area contributed by atoms with Gasteiger partial charge in [0, 0.05) is 18.9 Å². The topological polar surface area (TPSA) is 58.6 Å². The van der Waals surface area contributed by atoms with Crippen molar-refractivity contribution in [3.05, 3.63) is 29.1 Å². The maximum Gasteiger partial charge on any atom is 0.217 e. The first kappa shape index (κ1) is 14.8. The number of aliphatic hydroxyl groups is 1. The van der Waals surface area contributed by atoms with Crippen LogP contribution in [-0.2, 0) is 4.79 Å². The number of hydrogen-bond acceptors (Lipinski definition) is 3. The Morgan fingerprint density at radius 2 is 2.35 bits per heavy atom. The summed E-state index contributed by atoms with van der Waals surface area (Å²) >= 11 is 0. The molecular formula is C15H20FNO3. The quantitative estimate of drug-likeness (QED) is 0.892. The number of hydrogen-bond donors (Lipinski definition) is 2. The van der Waals surface area contributed by atoms with E-state index >= 15 is 0 Å². The van der Waals surface area contributed by atoms with Crippen LogP contribution in [0.1, 0.15) is 56.4 Å². The molecule has 2 atom stereocenters. The molecule has 0 aromatic heterocycles. The molecule has 0 saturated carbocycles. The van der Waals surface area contributed by atoms with Crippen molar-refractivity contribution in [1.29, 1.82) is 0 Å². The van der Waals surface area contributed by atoms with Crippen molar-refractivity contribution in [2.45, 2.75) is 45.3 Å². The van der Waals surface area contributed by atoms with E-state index in [1.54, 1.807) is 6.07 Å². The van der Waals surface area contributed by atoms with Crippen molar-refractivity contribution < 1.29 is 19.0 Å². The zero-order chi connectivity index (χ0) is 14.7. The van der Waals surface area contributed by atoms with E-state index in [1.807, 2.05) is 6.92 Å². The van der Waals surface area contributed by atoms with Crippen LogP contribution >= 0.6 is 0 Å². The number of fused-ring (bicyclic) bond motifs is 1. The molecule has 110 valence electrons. The molecular weight excluding hydrogens is 261 g/mol. The van der Waals surface area contributed by atoms with Crippen molar-refractivity contribution in [3.63, 3.8) is 0 Å². The van der Waals surface area contributed by atoms with Gasteiger partial charge in [0.2, 0.25) is 5.91 Å². The fourth-order valence-corrected chi connectivity index (χ4v) is 2.51. The molecule has 4 nitrogen and oxygen atoms in total. The number of halogens is 1. The Labute approximate surface area is 117 Å². The third kappa shape index (κ3) is 3.10. The number of ether oxygens (including phenoxy) is 1. The Hall–Kier alpha value is -1.62. The lowest BCUT2D eigenvalue weighted by atomic mass is 9.95. The molecule has 0 bridgehead atoms. The Morgan fingerprint density at radius 3 is 3.00 bits per heavy atom. The van der Waals surface area contributed by atoms with Crippen LogP contribution in [0, 0.1) is 5.82 Å². The van der Waals surface area contributed by atoms with Gasteiger partial charge in [0.1, 0.15) is 0 Å². The second kappa shape index (κ2) is 6.22. The molecule has 20 heavy (non-hydrogen) atoms. The van der Waals surface area contributed by atoms with Gasteiger partial charge in [-0.2, -0.15) is 0 Å². The molecule has 2 N–H and O–H groups in total. The monoisotopic (exact) mass is 281 g/mol. The Morgan fingerprint density at radius 1 is 1.60 bits per heavy atom. The standard InChI is InChI=1S/C15H20FNO3/c1-3-4-14(19)10-7-11-13(17-9(2)18)5-6-20-15(11)12(16)8-10/h7-8,13-14,19H,3-6H2,1-2H3,(H,17,18). The molecule has 0 saturated heterocycles. The smallest absolute Gasteiger partial charge is 0.217 e. The van der Waals surface area contributed by atoms with Crippen molar-refractivity contribution in [3.8, 4) is 5.75 Å². The Bertz CT molecular complexity index is 504. The molecule has 1 aromatic rings. The molecule has 1 amide bonds. The summed E-state index contributed by atoms with van der Waals surface area (Å²) in [5, 5.41) is 12.8. The lowest BCUT2D eigenvalue weighted by Crippen LogP contribution is -2.31. The predicted octanol–water partition coefficient (Wildman–Crippen LogP) is 2.62. The van der Waals surface area contributed by atoms with E-state index < -0.39 is 11.9 Å². The van der Waals surface area contributed by atoms with Crippen LogP contribution < -0.4 is 10.1 Å². The normalized spacial score (nSPS) is 18.9. The average molecular weight is 281 g/mol. The largest absolute Gasteiger partial charge is 0.490 e. The van der Waals surface area contributed by atoms with E-state index in [-0.39, 0.29) is 17.7 Å². The van der Waals surface area contributed by atoms with E-state index in [2.05, 4.69) is 5.32 Å². The van der Waals surface area contributed by atoms with Crippen molar-refractivity contribution in [2.24, 2.45) is 0 Å². The molecule has 2 unspecified atom stereocenters. The van der Waals surface area contributed by atoms with Crippen LogP contribution in [0.25, 0.3) is 0 Å². The average Bonchev–Trinajstić information content (AvgIpc) is 2.39. The van der Waals surface area contributed by atoms with Gasteiger partial charge in [-0.3, -0.25) is 4.79 Å². The van der Waals surface area contributed by atoms with E-state index in [9.17, 15) is 14.3 Å². The summed E-state index contributed by atoms with van der Waals surface area (Å²) in [6.07, 6.45) is 1.29. The van der Waals surface area contributed by atoms with Gasteiger partial charge in [-0.1, -0.05) is 13.3 Å². The lowest BCUT2D eigenvalue weighted by molar-refractivity contribution is -0.119. The van der Waals surface area contributed by atoms with Gasteiger partial charge in [0.15, 0.2) is 11.6 Å². The number of carbonyl (C=O) groups excluding carboxylic acids is 1. The van der Waals surface area contributed by atoms with Crippen molar-refractivity contribution in [1.82, 2.24) is 5.32 Å². The van der Waals surface area contributed by atoms with Gasteiger partial charge < -0.3 is 15.2 Å². The third-order valence-corrected chi connectivity index (χ3v) is 3.45. The number of benzene rings is 1. The van der Waals surface area contributed by atoms with Crippen LogP contribution in [0.4, 0.5) is 4.39 Å². The van der Waals surface area contributed by atoms with Crippen LogP contribution in [-0.4, -0.2) is 17.6 Å². The van der Waals surface area contributed by atoms with E-state index in [0.29, 0.717) is 30.6 Å². The summed E-state index contributed by atoms with van der Waals surface area (Å²) < 4.78 is 19.4.